The standard InChI is InChI=1S/C14H25N3O/c1-3-12(4-2)8-15-13-9-16-17(10-13)11-14-6-5-7-18-14/h9-10,12,14-15H,3-8,11H2,1-2H3. The van der Waals surface area contributed by atoms with Crippen LogP contribution < -0.4 is 5.32 Å². The fourth-order valence-corrected chi connectivity index (χ4v) is 2.39. The lowest BCUT2D eigenvalue weighted by Gasteiger charge is -2.12. The van der Waals surface area contributed by atoms with Crippen molar-refractivity contribution in [3.05, 3.63) is 12.4 Å². The molecule has 18 heavy (non-hydrogen) atoms. The van der Waals surface area contributed by atoms with E-state index in [0.29, 0.717) is 6.10 Å². The van der Waals surface area contributed by atoms with Gasteiger partial charge in [0.25, 0.3) is 0 Å². The summed E-state index contributed by atoms with van der Waals surface area (Å²) >= 11 is 0. The maximum absolute atomic E-state index is 5.62. The number of hydrogen-bond acceptors (Lipinski definition) is 3. The molecule has 0 radical (unpaired) electrons. The maximum atomic E-state index is 5.62. The highest BCUT2D eigenvalue weighted by Crippen LogP contribution is 2.15. The molecule has 1 fully saturated rings. The minimum atomic E-state index is 0.358. The Kier molecular flexibility index (Phi) is 5.05. The number of anilines is 1. The van der Waals surface area contributed by atoms with Gasteiger partial charge in [0, 0.05) is 19.3 Å². The molecule has 2 rings (SSSR count). The Labute approximate surface area is 110 Å². The first kappa shape index (κ1) is 13.4. The minimum absolute atomic E-state index is 0.358. The van der Waals surface area contributed by atoms with E-state index in [1.165, 1.54) is 19.3 Å². The first-order valence-corrected chi connectivity index (χ1v) is 7.19. The van der Waals surface area contributed by atoms with Gasteiger partial charge < -0.3 is 10.1 Å². The number of nitrogens with zero attached hydrogens (tertiary/aromatic N) is 2. The van der Waals surface area contributed by atoms with Crippen LogP contribution in [0.1, 0.15) is 39.5 Å². The van der Waals surface area contributed by atoms with Gasteiger partial charge in [0.2, 0.25) is 0 Å². The van der Waals surface area contributed by atoms with E-state index >= 15 is 0 Å². The average Bonchev–Trinajstić information content (AvgIpc) is 3.03. The molecule has 0 bridgehead atoms. The lowest BCUT2D eigenvalue weighted by molar-refractivity contribution is 0.0940. The fourth-order valence-electron chi connectivity index (χ4n) is 2.39. The minimum Gasteiger partial charge on any atom is -0.382 e. The summed E-state index contributed by atoms with van der Waals surface area (Å²) in [5, 5.41) is 7.85. The van der Waals surface area contributed by atoms with Gasteiger partial charge in [-0.05, 0) is 18.8 Å². The number of ether oxygens (including phenoxy) is 1. The van der Waals surface area contributed by atoms with E-state index in [9.17, 15) is 0 Å². The van der Waals surface area contributed by atoms with Crippen LogP contribution in [-0.4, -0.2) is 29.0 Å². The van der Waals surface area contributed by atoms with Crippen molar-refractivity contribution < 1.29 is 4.74 Å². The summed E-state index contributed by atoms with van der Waals surface area (Å²) in [4.78, 5) is 0. The summed E-state index contributed by atoms with van der Waals surface area (Å²) in [6.45, 7) is 7.32. The van der Waals surface area contributed by atoms with E-state index in [0.717, 1.165) is 37.7 Å². The van der Waals surface area contributed by atoms with Gasteiger partial charge in [0.1, 0.15) is 0 Å². The molecular formula is C14H25N3O. The highest BCUT2D eigenvalue weighted by molar-refractivity contribution is 5.38. The normalized spacial score (nSPS) is 19.6. The van der Waals surface area contributed by atoms with Crippen molar-refractivity contribution in [3.8, 4) is 0 Å². The molecule has 0 aliphatic carbocycles. The monoisotopic (exact) mass is 251 g/mol. The van der Waals surface area contributed by atoms with Gasteiger partial charge in [-0.25, -0.2) is 0 Å². The third-order valence-corrected chi connectivity index (χ3v) is 3.80. The van der Waals surface area contributed by atoms with Gasteiger partial charge in [0.15, 0.2) is 0 Å². The predicted molar refractivity (Wildman–Crippen MR) is 73.8 cm³/mol. The molecule has 102 valence electrons. The van der Waals surface area contributed by atoms with Crippen LogP contribution in [0.2, 0.25) is 0 Å². The van der Waals surface area contributed by atoms with Crippen molar-refractivity contribution in [1.82, 2.24) is 9.78 Å². The Balaban J connectivity index is 1.78. The van der Waals surface area contributed by atoms with Crippen molar-refractivity contribution >= 4 is 5.69 Å². The van der Waals surface area contributed by atoms with E-state index in [1.807, 2.05) is 10.9 Å². The van der Waals surface area contributed by atoms with Gasteiger partial charge >= 0.3 is 0 Å². The summed E-state index contributed by atoms with van der Waals surface area (Å²) in [7, 11) is 0. The van der Waals surface area contributed by atoms with Crippen molar-refractivity contribution in [1.29, 1.82) is 0 Å². The Hall–Kier alpha value is -1.03. The van der Waals surface area contributed by atoms with Crippen molar-refractivity contribution in [2.24, 2.45) is 5.92 Å². The van der Waals surface area contributed by atoms with Gasteiger partial charge in [-0.3, -0.25) is 4.68 Å². The Morgan fingerprint density at radius 3 is 3.00 bits per heavy atom. The molecule has 0 saturated carbocycles. The van der Waals surface area contributed by atoms with Gasteiger partial charge in [0.05, 0.1) is 24.5 Å². The zero-order valence-electron chi connectivity index (χ0n) is 11.6. The molecule has 0 aromatic carbocycles. The van der Waals surface area contributed by atoms with Crippen molar-refractivity contribution in [3.63, 3.8) is 0 Å². The van der Waals surface area contributed by atoms with Crippen LogP contribution in [-0.2, 0) is 11.3 Å². The quantitative estimate of drug-likeness (QED) is 0.810. The summed E-state index contributed by atoms with van der Waals surface area (Å²) in [5.41, 5.74) is 1.12. The van der Waals surface area contributed by atoms with Gasteiger partial charge in [-0.1, -0.05) is 26.7 Å². The van der Waals surface area contributed by atoms with Gasteiger partial charge in [-0.2, -0.15) is 5.10 Å². The lowest BCUT2D eigenvalue weighted by Crippen LogP contribution is -2.15. The summed E-state index contributed by atoms with van der Waals surface area (Å²) in [5.74, 6) is 0.756. The highest BCUT2D eigenvalue weighted by Gasteiger charge is 2.16. The van der Waals surface area contributed by atoms with E-state index in [2.05, 4.69) is 30.5 Å². The molecule has 1 aliphatic heterocycles. The first-order valence-electron chi connectivity index (χ1n) is 7.19. The molecule has 1 aromatic rings. The first-order chi connectivity index (χ1) is 8.81. The topological polar surface area (TPSA) is 39.1 Å². The predicted octanol–water partition coefficient (Wildman–Crippen LogP) is 2.91. The Morgan fingerprint density at radius 2 is 2.33 bits per heavy atom. The van der Waals surface area contributed by atoms with Crippen LogP contribution in [0.5, 0.6) is 0 Å². The second-order valence-electron chi connectivity index (χ2n) is 5.15. The van der Waals surface area contributed by atoms with Crippen LogP contribution in [0.4, 0.5) is 5.69 Å². The van der Waals surface area contributed by atoms with E-state index in [4.69, 9.17) is 4.74 Å². The molecule has 1 aromatic heterocycles. The van der Waals surface area contributed by atoms with Crippen molar-refractivity contribution in [2.45, 2.75) is 52.2 Å². The molecular weight excluding hydrogens is 226 g/mol. The number of rotatable bonds is 7. The van der Waals surface area contributed by atoms with E-state index in [1.54, 1.807) is 0 Å². The van der Waals surface area contributed by atoms with E-state index in [-0.39, 0.29) is 0 Å². The SMILES string of the molecule is CCC(CC)CNc1cnn(CC2CCCO2)c1. The Morgan fingerprint density at radius 1 is 1.50 bits per heavy atom. The van der Waals surface area contributed by atoms with Crippen LogP contribution >= 0.6 is 0 Å². The highest BCUT2D eigenvalue weighted by atomic mass is 16.5. The molecule has 1 aliphatic rings. The molecule has 2 heterocycles. The zero-order valence-corrected chi connectivity index (χ0v) is 11.6. The van der Waals surface area contributed by atoms with Crippen molar-refractivity contribution in [2.75, 3.05) is 18.5 Å². The smallest absolute Gasteiger partial charge is 0.0771 e. The second kappa shape index (κ2) is 6.78. The number of nitrogens with one attached hydrogen (secondary N) is 1. The summed E-state index contributed by atoms with van der Waals surface area (Å²) < 4.78 is 7.61. The zero-order chi connectivity index (χ0) is 12.8. The lowest BCUT2D eigenvalue weighted by atomic mass is 10.0. The van der Waals surface area contributed by atoms with Gasteiger partial charge in [-0.15, -0.1) is 0 Å². The maximum Gasteiger partial charge on any atom is 0.0771 e. The molecule has 4 heteroatoms. The number of aromatic nitrogens is 2. The third kappa shape index (κ3) is 3.73. The Bertz CT molecular complexity index is 341. The molecule has 4 nitrogen and oxygen atoms in total. The molecule has 0 spiro atoms. The molecule has 1 saturated heterocycles. The summed E-state index contributed by atoms with van der Waals surface area (Å²) in [6.07, 6.45) is 9.17. The molecule has 1 unspecified atom stereocenters. The van der Waals surface area contributed by atoms with Crippen LogP contribution in [0.3, 0.4) is 0 Å². The average molecular weight is 251 g/mol. The van der Waals surface area contributed by atoms with Crippen LogP contribution in [0.25, 0.3) is 0 Å². The molecule has 1 atom stereocenters. The third-order valence-electron chi connectivity index (χ3n) is 3.80. The van der Waals surface area contributed by atoms with E-state index < -0.39 is 0 Å². The van der Waals surface area contributed by atoms with Crippen LogP contribution in [0.15, 0.2) is 12.4 Å². The number of hydrogen-bond donors (Lipinski definition) is 1. The molecule has 0 amide bonds. The summed E-state index contributed by atoms with van der Waals surface area (Å²) in [6, 6.07) is 0. The van der Waals surface area contributed by atoms with Crippen LogP contribution in [0, 0.1) is 5.92 Å². The second-order valence-corrected chi connectivity index (χ2v) is 5.15. The fraction of sp³-hybridized carbons (Fsp3) is 0.786. The molecule has 1 N–H and O–H groups in total. The largest absolute Gasteiger partial charge is 0.382 e.